The van der Waals surface area contributed by atoms with E-state index in [9.17, 15) is 4.79 Å². The number of aryl methyl sites for hydroxylation is 1. The third-order valence-electron chi connectivity index (χ3n) is 2.55. The molecule has 1 aromatic carbocycles. The molecule has 1 rings (SSSR count). The number of carbonyl (C=O) groups is 1. The number of halogens is 1. The number of ether oxygens (including phenoxy) is 2. The van der Waals surface area contributed by atoms with E-state index in [-0.39, 0.29) is 5.91 Å². The van der Waals surface area contributed by atoms with Crippen LogP contribution in [0.4, 0.5) is 0 Å². The van der Waals surface area contributed by atoms with Crippen molar-refractivity contribution < 1.29 is 14.3 Å². The third-order valence-corrected chi connectivity index (χ3v) is 2.98. The first-order chi connectivity index (χ1) is 9.08. The number of rotatable bonds is 7. The fourth-order valence-corrected chi connectivity index (χ4v) is 1.72. The summed E-state index contributed by atoms with van der Waals surface area (Å²) >= 11 is 5.92. The summed E-state index contributed by atoms with van der Waals surface area (Å²) in [5, 5.41) is 3.43. The van der Waals surface area contributed by atoms with Crippen LogP contribution in [0.25, 0.3) is 0 Å². The Balaban J connectivity index is 2.56. The van der Waals surface area contributed by atoms with E-state index in [0.717, 1.165) is 5.56 Å². The van der Waals surface area contributed by atoms with E-state index in [2.05, 4.69) is 5.32 Å². The molecule has 0 atom stereocenters. The molecule has 0 heterocycles. The molecular formula is C14H20ClNO3. The molecule has 0 bridgehead atoms. The predicted octanol–water partition coefficient (Wildman–Crippen LogP) is 2.78. The fourth-order valence-electron chi connectivity index (χ4n) is 1.60. The van der Waals surface area contributed by atoms with Gasteiger partial charge in [-0.1, -0.05) is 11.6 Å². The molecule has 0 saturated carbocycles. The highest BCUT2D eigenvalue weighted by molar-refractivity contribution is 6.31. The van der Waals surface area contributed by atoms with E-state index < -0.39 is 6.29 Å². The average molecular weight is 286 g/mol. The second kappa shape index (κ2) is 8.15. The van der Waals surface area contributed by atoms with Gasteiger partial charge in [0.15, 0.2) is 6.29 Å². The molecule has 0 aromatic heterocycles. The van der Waals surface area contributed by atoms with Crippen molar-refractivity contribution in [1.29, 1.82) is 0 Å². The van der Waals surface area contributed by atoms with Crippen molar-refractivity contribution in [3.8, 4) is 0 Å². The predicted molar refractivity (Wildman–Crippen MR) is 75.6 cm³/mol. The SMILES string of the molecule is CCOC(CNC(=O)c1ccc(Cl)c(C)c1)OCC. The lowest BCUT2D eigenvalue weighted by Gasteiger charge is -2.17. The van der Waals surface area contributed by atoms with E-state index >= 15 is 0 Å². The smallest absolute Gasteiger partial charge is 0.251 e. The standard InChI is InChI=1S/C14H20ClNO3/c1-4-18-13(19-5-2)9-16-14(17)11-6-7-12(15)10(3)8-11/h6-8,13H,4-5,9H2,1-3H3,(H,16,17). The van der Waals surface area contributed by atoms with Crippen LogP contribution in [-0.4, -0.2) is 32.0 Å². The van der Waals surface area contributed by atoms with Crippen LogP contribution in [0.5, 0.6) is 0 Å². The second-order valence-corrected chi connectivity index (χ2v) is 4.42. The van der Waals surface area contributed by atoms with Gasteiger partial charge in [0, 0.05) is 23.8 Å². The summed E-state index contributed by atoms with van der Waals surface area (Å²) < 4.78 is 10.7. The zero-order chi connectivity index (χ0) is 14.3. The molecule has 0 fully saturated rings. The van der Waals surface area contributed by atoms with Gasteiger partial charge in [-0.25, -0.2) is 0 Å². The van der Waals surface area contributed by atoms with E-state index in [4.69, 9.17) is 21.1 Å². The highest BCUT2D eigenvalue weighted by Crippen LogP contribution is 2.16. The number of amides is 1. The number of benzene rings is 1. The van der Waals surface area contributed by atoms with Crippen LogP contribution < -0.4 is 5.32 Å². The molecule has 0 radical (unpaired) electrons. The summed E-state index contributed by atoms with van der Waals surface area (Å²) in [6.07, 6.45) is -0.410. The number of hydrogen-bond acceptors (Lipinski definition) is 3. The molecule has 0 spiro atoms. The van der Waals surface area contributed by atoms with Crippen LogP contribution in [0.15, 0.2) is 18.2 Å². The van der Waals surface area contributed by atoms with E-state index in [1.807, 2.05) is 20.8 Å². The minimum Gasteiger partial charge on any atom is -0.351 e. The van der Waals surface area contributed by atoms with Crippen LogP contribution in [0.1, 0.15) is 29.8 Å². The van der Waals surface area contributed by atoms with Gasteiger partial charge < -0.3 is 14.8 Å². The van der Waals surface area contributed by atoms with Crippen molar-refractivity contribution in [2.24, 2.45) is 0 Å². The van der Waals surface area contributed by atoms with Crippen LogP contribution >= 0.6 is 11.6 Å². The maximum atomic E-state index is 12.0. The lowest BCUT2D eigenvalue weighted by atomic mass is 10.1. The number of hydrogen-bond donors (Lipinski definition) is 1. The molecule has 0 aliphatic carbocycles. The third kappa shape index (κ3) is 5.19. The largest absolute Gasteiger partial charge is 0.351 e. The second-order valence-electron chi connectivity index (χ2n) is 4.01. The summed E-state index contributed by atoms with van der Waals surface area (Å²) in [5.74, 6) is -0.163. The van der Waals surface area contributed by atoms with Crippen LogP contribution in [0, 0.1) is 6.92 Å². The Hall–Kier alpha value is -1.10. The molecule has 106 valence electrons. The average Bonchev–Trinajstić information content (AvgIpc) is 2.39. The molecule has 4 nitrogen and oxygen atoms in total. The zero-order valence-corrected chi connectivity index (χ0v) is 12.3. The Labute approximate surface area is 119 Å². The van der Waals surface area contributed by atoms with Crippen molar-refractivity contribution in [3.05, 3.63) is 34.3 Å². The Bertz CT molecular complexity index is 417. The molecule has 19 heavy (non-hydrogen) atoms. The topological polar surface area (TPSA) is 47.6 Å². The van der Waals surface area contributed by atoms with Crippen molar-refractivity contribution in [3.63, 3.8) is 0 Å². The first-order valence-corrected chi connectivity index (χ1v) is 6.73. The summed E-state index contributed by atoms with van der Waals surface area (Å²) in [6.45, 7) is 7.04. The van der Waals surface area contributed by atoms with Gasteiger partial charge in [0.1, 0.15) is 0 Å². The van der Waals surface area contributed by atoms with Gasteiger partial charge in [-0.05, 0) is 44.5 Å². The molecule has 0 aliphatic rings. The summed E-state index contributed by atoms with van der Waals surface area (Å²) in [4.78, 5) is 12.0. The van der Waals surface area contributed by atoms with Gasteiger partial charge in [-0.2, -0.15) is 0 Å². The quantitative estimate of drug-likeness (QED) is 0.784. The van der Waals surface area contributed by atoms with Gasteiger partial charge in [0.25, 0.3) is 5.91 Å². The molecule has 0 aliphatic heterocycles. The Morgan fingerprint density at radius 2 is 1.95 bits per heavy atom. The number of carbonyl (C=O) groups excluding carboxylic acids is 1. The lowest BCUT2D eigenvalue weighted by Crippen LogP contribution is -2.35. The van der Waals surface area contributed by atoms with Crippen molar-refractivity contribution in [2.75, 3.05) is 19.8 Å². The summed E-state index contributed by atoms with van der Waals surface area (Å²) in [6, 6.07) is 5.17. The van der Waals surface area contributed by atoms with Crippen LogP contribution in [-0.2, 0) is 9.47 Å². The first-order valence-electron chi connectivity index (χ1n) is 6.36. The van der Waals surface area contributed by atoms with Gasteiger partial charge >= 0.3 is 0 Å². The minimum atomic E-state index is -0.410. The minimum absolute atomic E-state index is 0.163. The Morgan fingerprint density at radius 1 is 1.32 bits per heavy atom. The summed E-state index contributed by atoms with van der Waals surface area (Å²) in [7, 11) is 0. The van der Waals surface area contributed by atoms with E-state index in [1.165, 1.54) is 0 Å². The zero-order valence-electron chi connectivity index (χ0n) is 11.5. The highest BCUT2D eigenvalue weighted by atomic mass is 35.5. The fraction of sp³-hybridized carbons (Fsp3) is 0.500. The van der Waals surface area contributed by atoms with Crippen molar-refractivity contribution >= 4 is 17.5 Å². The van der Waals surface area contributed by atoms with Crippen molar-refractivity contribution in [1.82, 2.24) is 5.32 Å². The maximum absolute atomic E-state index is 12.0. The van der Waals surface area contributed by atoms with Crippen LogP contribution in [0.3, 0.4) is 0 Å². The van der Waals surface area contributed by atoms with Gasteiger partial charge in [-0.3, -0.25) is 4.79 Å². The first kappa shape index (κ1) is 16.0. The molecule has 5 heteroatoms. The monoisotopic (exact) mass is 285 g/mol. The van der Waals surface area contributed by atoms with Gasteiger partial charge in [0.05, 0.1) is 6.54 Å². The molecular weight excluding hydrogens is 266 g/mol. The normalized spacial score (nSPS) is 10.8. The van der Waals surface area contributed by atoms with Crippen LogP contribution in [0.2, 0.25) is 5.02 Å². The van der Waals surface area contributed by atoms with E-state index in [0.29, 0.717) is 30.3 Å². The van der Waals surface area contributed by atoms with Crippen molar-refractivity contribution in [2.45, 2.75) is 27.1 Å². The lowest BCUT2D eigenvalue weighted by molar-refractivity contribution is -0.131. The molecule has 0 unspecified atom stereocenters. The Morgan fingerprint density at radius 3 is 2.47 bits per heavy atom. The molecule has 0 saturated heterocycles. The maximum Gasteiger partial charge on any atom is 0.251 e. The van der Waals surface area contributed by atoms with Gasteiger partial charge in [-0.15, -0.1) is 0 Å². The molecule has 1 aromatic rings. The molecule has 1 N–H and O–H groups in total. The van der Waals surface area contributed by atoms with E-state index in [1.54, 1.807) is 18.2 Å². The van der Waals surface area contributed by atoms with Gasteiger partial charge in [0.2, 0.25) is 0 Å². The molecule has 1 amide bonds. The highest BCUT2D eigenvalue weighted by Gasteiger charge is 2.12. The number of nitrogens with one attached hydrogen (secondary N) is 1. The summed E-state index contributed by atoms with van der Waals surface area (Å²) in [5.41, 5.74) is 1.45. The Kier molecular flexibility index (Phi) is 6.84.